The Balaban J connectivity index is 1.30. The average molecular weight is 523 g/mol. The number of hydrogen-bond donors (Lipinski definition) is 0. The number of allylic oxidation sites excluding steroid dienone is 2. The van der Waals surface area contributed by atoms with E-state index in [0.717, 1.165) is 12.8 Å². The van der Waals surface area contributed by atoms with Gasteiger partial charge in [0.05, 0.1) is 0 Å². The summed E-state index contributed by atoms with van der Waals surface area (Å²) in [5.41, 5.74) is 12.3. The number of rotatable bonds is 4. The molecule has 0 spiro atoms. The zero-order chi connectivity index (χ0) is 27.3. The zero-order valence-corrected chi connectivity index (χ0v) is 23.2. The van der Waals surface area contributed by atoms with Crippen LogP contribution in [-0.4, -0.2) is 0 Å². The van der Waals surface area contributed by atoms with Crippen molar-refractivity contribution < 1.29 is 0 Å². The Morgan fingerprint density at radius 3 is 1.95 bits per heavy atom. The maximum Gasteiger partial charge on any atom is -0.00134 e. The maximum absolute atomic E-state index is 2.44. The third kappa shape index (κ3) is 3.90. The SMILES string of the molecule is C/C=C(\Cc1ccc2c(c1)Cc1ccccc1-2)c1c2ccccc2c(-c2ccc3ccccc3c2)c2ccccc12. The molecule has 7 aromatic carbocycles. The van der Waals surface area contributed by atoms with Crippen LogP contribution in [0.3, 0.4) is 0 Å². The minimum Gasteiger partial charge on any atom is -0.0835 e. The lowest BCUT2D eigenvalue weighted by molar-refractivity contribution is 1.22. The van der Waals surface area contributed by atoms with Crippen molar-refractivity contribution in [1.29, 1.82) is 0 Å². The smallest absolute Gasteiger partial charge is 0.00134 e. The molecule has 0 radical (unpaired) electrons. The lowest BCUT2D eigenvalue weighted by Gasteiger charge is -2.20. The van der Waals surface area contributed by atoms with Crippen molar-refractivity contribution in [3.63, 3.8) is 0 Å². The molecule has 0 N–H and O–H groups in total. The highest BCUT2D eigenvalue weighted by Crippen LogP contribution is 2.43. The second kappa shape index (κ2) is 9.61. The summed E-state index contributed by atoms with van der Waals surface area (Å²) in [7, 11) is 0. The molecule has 0 bridgehead atoms. The first-order valence-electron chi connectivity index (χ1n) is 14.6. The van der Waals surface area contributed by atoms with Crippen LogP contribution in [-0.2, 0) is 12.8 Å². The highest BCUT2D eigenvalue weighted by molar-refractivity contribution is 6.19. The maximum atomic E-state index is 2.44. The van der Waals surface area contributed by atoms with Gasteiger partial charge in [-0.25, -0.2) is 0 Å². The summed E-state index contributed by atoms with van der Waals surface area (Å²) in [6, 6.07) is 49.4. The van der Waals surface area contributed by atoms with Crippen molar-refractivity contribution in [3.05, 3.63) is 162 Å². The fourth-order valence-corrected chi connectivity index (χ4v) is 6.99. The minimum absolute atomic E-state index is 0.906. The van der Waals surface area contributed by atoms with Crippen molar-refractivity contribution >= 4 is 37.9 Å². The molecular formula is C41H30. The number of fused-ring (bicyclic) bond motifs is 6. The predicted octanol–water partition coefficient (Wildman–Crippen LogP) is 11.0. The molecule has 0 heterocycles. The number of hydrogen-bond acceptors (Lipinski definition) is 0. The van der Waals surface area contributed by atoms with E-state index in [1.807, 2.05) is 0 Å². The Kier molecular flexibility index (Phi) is 5.60. The Labute approximate surface area is 241 Å². The highest BCUT2D eigenvalue weighted by atomic mass is 14.2. The Morgan fingerprint density at radius 1 is 0.561 bits per heavy atom. The molecule has 0 heteroatoms. The second-order valence-electron chi connectivity index (χ2n) is 11.2. The van der Waals surface area contributed by atoms with Gasteiger partial charge in [0, 0.05) is 0 Å². The molecule has 7 aromatic rings. The van der Waals surface area contributed by atoms with Crippen molar-refractivity contribution in [2.24, 2.45) is 0 Å². The molecule has 1 aliphatic carbocycles. The van der Waals surface area contributed by atoms with Crippen molar-refractivity contribution in [1.82, 2.24) is 0 Å². The Hall–Kier alpha value is -4.94. The molecule has 0 nitrogen and oxygen atoms in total. The first kappa shape index (κ1) is 23.9. The van der Waals surface area contributed by atoms with E-state index >= 15 is 0 Å². The van der Waals surface area contributed by atoms with E-state index in [4.69, 9.17) is 0 Å². The minimum atomic E-state index is 0.906. The summed E-state index contributed by atoms with van der Waals surface area (Å²) in [4.78, 5) is 0. The van der Waals surface area contributed by atoms with Crippen LogP contribution < -0.4 is 0 Å². The van der Waals surface area contributed by atoms with Gasteiger partial charge in [-0.05, 0) is 108 Å². The van der Waals surface area contributed by atoms with Gasteiger partial charge in [-0.2, -0.15) is 0 Å². The molecule has 0 saturated carbocycles. The summed E-state index contributed by atoms with van der Waals surface area (Å²) in [6.45, 7) is 2.19. The molecule has 0 amide bonds. The zero-order valence-electron chi connectivity index (χ0n) is 23.2. The van der Waals surface area contributed by atoms with E-state index in [0.29, 0.717) is 0 Å². The monoisotopic (exact) mass is 522 g/mol. The summed E-state index contributed by atoms with van der Waals surface area (Å²) in [6.07, 6.45) is 4.26. The van der Waals surface area contributed by atoms with Gasteiger partial charge in [0.2, 0.25) is 0 Å². The topological polar surface area (TPSA) is 0 Å². The molecule has 41 heavy (non-hydrogen) atoms. The summed E-state index contributed by atoms with van der Waals surface area (Å²) >= 11 is 0. The summed E-state index contributed by atoms with van der Waals surface area (Å²) < 4.78 is 0. The van der Waals surface area contributed by atoms with Crippen LogP contribution in [0, 0.1) is 0 Å². The van der Waals surface area contributed by atoms with Crippen LogP contribution in [0.15, 0.2) is 140 Å². The van der Waals surface area contributed by atoms with Gasteiger partial charge in [-0.15, -0.1) is 0 Å². The first-order chi connectivity index (χ1) is 20.3. The normalized spacial score (nSPS) is 12.7. The molecule has 0 aliphatic heterocycles. The van der Waals surface area contributed by atoms with E-state index in [-0.39, 0.29) is 0 Å². The van der Waals surface area contributed by atoms with Gasteiger partial charge in [0.15, 0.2) is 0 Å². The summed E-state index contributed by atoms with van der Waals surface area (Å²) in [5, 5.41) is 7.79. The standard InChI is InChI=1S/C41H30/c1-2-28(23-27-19-22-35-33(24-27)26-31-13-5-6-14-34(31)35)40-36-15-7-9-17-38(36)41(39-18-10-8-16-37(39)40)32-21-20-29-11-3-4-12-30(29)25-32/h2-22,24-25H,23,26H2,1H3/b28-2+. The fourth-order valence-electron chi connectivity index (χ4n) is 6.99. The highest BCUT2D eigenvalue weighted by Gasteiger charge is 2.20. The molecule has 194 valence electrons. The van der Waals surface area contributed by atoms with E-state index in [1.54, 1.807) is 0 Å². The Morgan fingerprint density at radius 2 is 1.20 bits per heavy atom. The van der Waals surface area contributed by atoms with Crippen LogP contribution >= 0.6 is 0 Å². The molecule has 0 unspecified atom stereocenters. The Bertz CT molecular complexity index is 2100. The third-order valence-electron chi connectivity index (χ3n) is 8.89. The molecular weight excluding hydrogens is 492 g/mol. The number of benzene rings is 7. The molecule has 0 saturated heterocycles. The van der Waals surface area contributed by atoms with Gasteiger partial charge in [0.25, 0.3) is 0 Å². The van der Waals surface area contributed by atoms with Gasteiger partial charge < -0.3 is 0 Å². The molecule has 0 aromatic heterocycles. The van der Waals surface area contributed by atoms with Crippen LogP contribution in [0.4, 0.5) is 0 Å². The largest absolute Gasteiger partial charge is 0.0835 e. The van der Waals surface area contributed by atoms with Crippen molar-refractivity contribution in [2.75, 3.05) is 0 Å². The summed E-state index contributed by atoms with van der Waals surface area (Å²) in [5.74, 6) is 0. The molecule has 0 fully saturated rings. The lowest BCUT2D eigenvalue weighted by atomic mass is 9.84. The molecule has 1 aliphatic rings. The molecule has 8 rings (SSSR count). The fraction of sp³-hybridized carbons (Fsp3) is 0.0732. The van der Waals surface area contributed by atoms with Crippen LogP contribution in [0.25, 0.3) is 60.1 Å². The van der Waals surface area contributed by atoms with E-state index in [2.05, 4.69) is 146 Å². The van der Waals surface area contributed by atoms with Gasteiger partial charge in [0.1, 0.15) is 0 Å². The molecule has 0 atom stereocenters. The van der Waals surface area contributed by atoms with Crippen LogP contribution in [0.2, 0.25) is 0 Å². The van der Waals surface area contributed by atoms with E-state index in [1.165, 1.54) is 82.4 Å². The van der Waals surface area contributed by atoms with Gasteiger partial charge in [-0.3, -0.25) is 0 Å². The van der Waals surface area contributed by atoms with Gasteiger partial charge in [-0.1, -0.05) is 133 Å². The first-order valence-corrected chi connectivity index (χ1v) is 14.6. The van der Waals surface area contributed by atoms with E-state index in [9.17, 15) is 0 Å². The van der Waals surface area contributed by atoms with Crippen molar-refractivity contribution in [2.45, 2.75) is 19.8 Å². The quantitative estimate of drug-likeness (QED) is 0.202. The average Bonchev–Trinajstić information content (AvgIpc) is 3.40. The third-order valence-corrected chi connectivity index (χ3v) is 8.89. The predicted molar refractivity (Wildman–Crippen MR) is 176 cm³/mol. The second-order valence-corrected chi connectivity index (χ2v) is 11.2. The van der Waals surface area contributed by atoms with Gasteiger partial charge >= 0.3 is 0 Å². The van der Waals surface area contributed by atoms with Crippen LogP contribution in [0.5, 0.6) is 0 Å². The van der Waals surface area contributed by atoms with Crippen LogP contribution in [0.1, 0.15) is 29.2 Å². The van der Waals surface area contributed by atoms with E-state index < -0.39 is 0 Å². The lowest BCUT2D eigenvalue weighted by Crippen LogP contribution is -1.97. The van der Waals surface area contributed by atoms with Crippen molar-refractivity contribution in [3.8, 4) is 22.3 Å².